The maximum absolute atomic E-state index is 12.4. The third-order valence-electron chi connectivity index (χ3n) is 4.55. The van der Waals surface area contributed by atoms with Crippen LogP contribution < -0.4 is 10.1 Å². The van der Waals surface area contributed by atoms with Crippen molar-refractivity contribution in [2.45, 2.75) is 19.3 Å². The van der Waals surface area contributed by atoms with Crippen LogP contribution in [0.1, 0.15) is 40.7 Å². The maximum atomic E-state index is 12.4. The van der Waals surface area contributed by atoms with Gasteiger partial charge < -0.3 is 10.1 Å². The zero-order valence-electron chi connectivity index (χ0n) is 15.6. The van der Waals surface area contributed by atoms with Gasteiger partial charge in [-0.2, -0.15) is 0 Å². The fraction of sp³-hybridized carbons (Fsp3) is 0.208. The molecule has 27 heavy (non-hydrogen) atoms. The van der Waals surface area contributed by atoms with Gasteiger partial charge in [-0.05, 0) is 48.7 Å². The van der Waals surface area contributed by atoms with Crippen LogP contribution in [0, 0.1) is 0 Å². The molecule has 138 valence electrons. The first kappa shape index (κ1) is 18.7. The van der Waals surface area contributed by atoms with Gasteiger partial charge >= 0.3 is 0 Å². The number of carbonyl (C=O) groups excluding carboxylic acids is 1. The van der Waals surface area contributed by atoms with Crippen molar-refractivity contribution in [3.63, 3.8) is 0 Å². The number of rotatable bonds is 8. The van der Waals surface area contributed by atoms with Crippen molar-refractivity contribution in [1.82, 2.24) is 5.32 Å². The van der Waals surface area contributed by atoms with E-state index in [0.717, 1.165) is 12.2 Å². The van der Waals surface area contributed by atoms with Crippen molar-refractivity contribution in [3.05, 3.63) is 102 Å². The fourth-order valence-electron chi connectivity index (χ4n) is 3.20. The van der Waals surface area contributed by atoms with Gasteiger partial charge in [0, 0.05) is 18.0 Å². The summed E-state index contributed by atoms with van der Waals surface area (Å²) in [6, 6.07) is 28.1. The molecule has 0 aliphatic heterocycles. The molecule has 3 heteroatoms. The van der Waals surface area contributed by atoms with Crippen LogP contribution >= 0.6 is 0 Å². The molecule has 1 N–H and O–H groups in total. The Labute approximate surface area is 161 Å². The molecule has 0 saturated carbocycles. The van der Waals surface area contributed by atoms with E-state index in [-0.39, 0.29) is 11.8 Å². The molecule has 0 fully saturated rings. The second-order valence-electron chi connectivity index (χ2n) is 6.38. The van der Waals surface area contributed by atoms with Crippen molar-refractivity contribution in [2.75, 3.05) is 13.2 Å². The van der Waals surface area contributed by atoms with Gasteiger partial charge in [0.25, 0.3) is 5.91 Å². The summed E-state index contributed by atoms with van der Waals surface area (Å²) in [7, 11) is 0. The van der Waals surface area contributed by atoms with Gasteiger partial charge in [0.2, 0.25) is 0 Å². The van der Waals surface area contributed by atoms with E-state index >= 15 is 0 Å². The molecule has 3 nitrogen and oxygen atoms in total. The lowest BCUT2D eigenvalue weighted by atomic mass is 9.88. The Morgan fingerprint density at radius 3 is 1.93 bits per heavy atom. The number of amides is 1. The second kappa shape index (κ2) is 9.58. The smallest absolute Gasteiger partial charge is 0.251 e. The highest BCUT2D eigenvalue weighted by Gasteiger charge is 2.14. The number of hydrogen-bond donors (Lipinski definition) is 1. The quantitative estimate of drug-likeness (QED) is 0.612. The summed E-state index contributed by atoms with van der Waals surface area (Å²) in [6.07, 6.45) is 0.844. The summed E-state index contributed by atoms with van der Waals surface area (Å²) >= 11 is 0. The van der Waals surface area contributed by atoms with Gasteiger partial charge in [0.15, 0.2) is 0 Å². The van der Waals surface area contributed by atoms with Crippen LogP contribution in [-0.2, 0) is 0 Å². The molecule has 3 rings (SSSR count). The molecule has 0 aliphatic carbocycles. The summed E-state index contributed by atoms with van der Waals surface area (Å²) in [4.78, 5) is 12.4. The standard InChI is InChI=1S/C24H25NO2/c1-2-27-22-15-13-21(14-16-22)24(26)25-18-17-23(19-9-5-3-6-10-19)20-11-7-4-8-12-20/h3-16,23H,2,17-18H2,1H3,(H,25,26). The molecule has 3 aromatic rings. The van der Waals surface area contributed by atoms with Crippen LogP contribution in [0.3, 0.4) is 0 Å². The monoisotopic (exact) mass is 359 g/mol. The van der Waals surface area contributed by atoms with Gasteiger partial charge in [-0.3, -0.25) is 4.79 Å². The summed E-state index contributed by atoms with van der Waals surface area (Å²) in [5.74, 6) is 0.980. The van der Waals surface area contributed by atoms with Crippen LogP contribution in [-0.4, -0.2) is 19.1 Å². The lowest BCUT2D eigenvalue weighted by Crippen LogP contribution is -2.25. The molecule has 3 aromatic carbocycles. The molecule has 1 amide bonds. The normalized spacial score (nSPS) is 10.6. The summed E-state index contributed by atoms with van der Waals surface area (Å²) < 4.78 is 5.42. The minimum absolute atomic E-state index is 0.0575. The third kappa shape index (κ3) is 5.20. The third-order valence-corrected chi connectivity index (χ3v) is 4.55. The Morgan fingerprint density at radius 1 is 0.852 bits per heavy atom. The summed E-state index contributed by atoms with van der Waals surface area (Å²) in [6.45, 7) is 3.17. The lowest BCUT2D eigenvalue weighted by Gasteiger charge is -2.18. The Kier molecular flexibility index (Phi) is 6.64. The van der Waals surface area contributed by atoms with Crippen molar-refractivity contribution in [3.8, 4) is 5.75 Å². The predicted molar refractivity (Wildman–Crippen MR) is 109 cm³/mol. The Balaban J connectivity index is 1.63. The van der Waals surface area contributed by atoms with Crippen LogP contribution in [0.15, 0.2) is 84.9 Å². The summed E-state index contributed by atoms with van der Waals surface area (Å²) in [5, 5.41) is 3.04. The molecule has 0 aromatic heterocycles. The molecular formula is C24H25NO2. The van der Waals surface area contributed by atoms with Gasteiger partial charge in [-0.1, -0.05) is 60.7 Å². The molecule has 0 saturated heterocycles. The van der Waals surface area contributed by atoms with Crippen LogP contribution in [0.4, 0.5) is 0 Å². The zero-order chi connectivity index (χ0) is 18.9. The molecule has 0 bridgehead atoms. The Hall–Kier alpha value is -3.07. The molecular weight excluding hydrogens is 334 g/mol. The zero-order valence-corrected chi connectivity index (χ0v) is 15.6. The van der Waals surface area contributed by atoms with E-state index in [4.69, 9.17) is 4.74 Å². The van der Waals surface area contributed by atoms with Gasteiger partial charge in [-0.25, -0.2) is 0 Å². The van der Waals surface area contributed by atoms with Crippen LogP contribution in [0.2, 0.25) is 0 Å². The molecule has 0 atom stereocenters. The van der Waals surface area contributed by atoms with E-state index in [0.29, 0.717) is 18.7 Å². The van der Waals surface area contributed by atoms with Crippen molar-refractivity contribution < 1.29 is 9.53 Å². The van der Waals surface area contributed by atoms with Crippen molar-refractivity contribution in [1.29, 1.82) is 0 Å². The largest absolute Gasteiger partial charge is 0.494 e. The molecule has 0 radical (unpaired) electrons. The van der Waals surface area contributed by atoms with E-state index in [1.807, 2.05) is 31.2 Å². The number of carbonyl (C=O) groups is 1. The Morgan fingerprint density at radius 2 is 1.41 bits per heavy atom. The fourth-order valence-corrected chi connectivity index (χ4v) is 3.20. The van der Waals surface area contributed by atoms with Gasteiger partial charge in [-0.15, -0.1) is 0 Å². The van der Waals surface area contributed by atoms with E-state index in [1.54, 1.807) is 12.1 Å². The topological polar surface area (TPSA) is 38.3 Å². The highest BCUT2D eigenvalue weighted by atomic mass is 16.5. The summed E-state index contributed by atoms with van der Waals surface area (Å²) in [5.41, 5.74) is 3.17. The minimum atomic E-state index is -0.0575. The first-order valence-electron chi connectivity index (χ1n) is 9.39. The highest BCUT2D eigenvalue weighted by Crippen LogP contribution is 2.27. The SMILES string of the molecule is CCOc1ccc(C(=O)NCCC(c2ccccc2)c2ccccc2)cc1. The van der Waals surface area contributed by atoms with Crippen molar-refractivity contribution >= 4 is 5.91 Å². The van der Waals surface area contributed by atoms with Crippen molar-refractivity contribution in [2.24, 2.45) is 0 Å². The number of ether oxygens (including phenoxy) is 1. The van der Waals surface area contributed by atoms with E-state index in [2.05, 4.69) is 53.8 Å². The number of hydrogen-bond acceptors (Lipinski definition) is 2. The Bertz CT molecular complexity index is 790. The first-order valence-corrected chi connectivity index (χ1v) is 9.39. The van der Waals surface area contributed by atoms with Gasteiger partial charge in [0.1, 0.15) is 5.75 Å². The van der Waals surface area contributed by atoms with E-state index < -0.39 is 0 Å². The average molecular weight is 359 g/mol. The number of nitrogens with one attached hydrogen (secondary N) is 1. The van der Waals surface area contributed by atoms with E-state index in [9.17, 15) is 4.79 Å². The molecule has 0 heterocycles. The minimum Gasteiger partial charge on any atom is -0.494 e. The number of benzene rings is 3. The van der Waals surface area contributed by atoms with Crippen LogP contribution in [0.25, 0.3) is 0 Å². The predicted octanol–water partition coefficient (Wildman–Crippen LogP) is 5.04. The highest BCUT2D eigenvalue weighted by molar-refractivity contribution is 5.94. The first-order chi connectivity index (χ1) is 13.3. The average Bonchev–Trinajstić information content (AvgIpc) is 2.73. The van der Waals surface area contributed by atoms with E-state index in [1.165, 1.54) is 11.1 Å². The lowest BCUT2D eigenvalue weighted by molar-refractivity contribution is 0.0953. The van der Waals surface area contributed by atoms with Gasteiger partial charge in [0.05, 0.1) is 6.61 Å². The van der Waals surface area contributed by atoms with Crippen LogP contribution in [0.5, 0.6) is 5.75 Å². The molecule has 0 aliphatic rings. The maximum Gasteiger partial charge on any atom is 0.251 e. The molecule has 0 unspecified atom stereocenters. The second-order valence-corrected chi connectivity index (χ2v) is 6.38. The molecule has 0 spiro atoms.